The maximum atomic E-state index is 12.4. The zero-order chi connectivity index (χ0) is 18.6. The second kappa shape index (κ2) is 7.11. The van der Waals surface area contributed by atoms with E-state index >= 15 is 0 Å². The topological polar surface area (TPSA) is 97.3 Å². The van der Waals surface area contributed by atoms with Gasteiger partial charge in [-0.3, -0.25) is 10.1 Å². The first-order chi connectivity index (χ1) is 11.7. The predicted octanol–water partition coefficient (Wildman–Crippen LogP) is 2.79. The number of rotatable bonds is 3. The summed E-state index contributed by atoms with van der Waals surface area (Å²) in [6.07, 6.45) is 5.30. The molecule has 0 unspecified atom stereocenters. The van der Waals surface area contributed by atoms with E-state index in [0.29, 0.717) is 5.69 Å². The van der Waals surface area contributed by atoms with Crippen molar-refractivity contribution in [3.8, 4) is 5.75 Å². The Bertz CT molecular complexity index is 750. The van der Waals surface area contributed by atoms with Crippen molar-refractivity contribution in [2.75, 3.05) is 5.32 Å². The van der Waals surface area contributed by atoms with Crippen LogP contribution in [-0.4, -0.2) is 34.8 Å². The SMILES string of the molecule is CC(=O)Oc1ccc(NC(=O)N2[C+]=NC=C2)cc1C(=O)OC(C)(C)C. The normalized spacial score (nSPS) is 12.6. The van der Waals surface area contributed by atoms with Crippen LogP contribution in [0.2, 0.25) is 0 Å². The fourth-order valence-corrected chi connectivity index (χ4v) is 1.87. The molecule has 8 heteroatoms. The van der Waals surface area contributed by atoms with Crippen molar-refractivity contribution in [1.29, 1.82) is 0 Å². The molecule has 25 heavy (non-hydrogen) atoms. The summed E-state index contributed by atoms with van der Waals surface area (Å²) in [7, 11) is 0. The van der Waals surface area contributed by atoms with Crippen LogP contribution in [0, 0.1) is 0 Å². The number of nitrogens with one attached hydrogen (secondary N) is 1. The molecule has 1 aromatic carbocycles. The van der Waals surface area contributed by atoms with Crippen molar-refractivity contribution in [2.45, 2.75) is 33.3 Å². The molecule has 0 aromatic heterocycles. The van der Waals surface area contributed by atoms with Crippen molar-refractivity contribution in [1.82, 2.24) is 4.90 Å². The summed E-state index contributed by atoms with van der Waals surface area (Å²) in [5.74, 6) is -1.20. The number of carbonyl (C=O) groups is 3. The van der Waals surface area contributed by atoms with Crippen molar-refractivity contribution in [3.05, 3.63) is 36.2 Å². The molecule has 1 aliphatic rings. The lowest BCUT2D eigenvalue weighted by Crippen LogP contribution is -2.28. The van der Waals surface area contributed by atoms with E-state index < -0.39 is 23.6 Å². The van der Waals surface area contributed by atoms with Crippen LogP contribution in [0.15, 0.2) is 35.6 Å². The molecule has 0 atom stereocenters. The van der Waals surface area contributed by atoms with Crippen LogP contribution >= 0.6 is 0 Å². The van der Waals surface area contributed by atoms with E-state index in [1.165, 1.54) is 37.5 Å². The summed E-state index contributed by atoms with van der Waals surface area (Å²) in [5.41, 5.74) is -0.378. The van der Waals surface area contributed by atoms with Gasteiger partial charge in [0.25, 0.3) is 0 Å². The number of nitrogens with zero attached hydrogens (tertiary/aromatic N) is 2. The van der Waals surface area contributed by atoms with Gasteiger partial charge in [-0.05, 0) is 39.0 Å². The van der Waals surface area contributed by atoms with Gasteiger partial charge in [0.15, 0.2) is 12.4 Å². The molecule has 130 valence electrons. The van der Waals surface area contributed by atoms with Gasteiger partial charge in [-0.1, -0.05) is 9.89 Å². The van der Waals surface area contributed by atoms with Crippen LogP contribution in [0.25, 0.3) is 0 Å². The molecule has 0 saturated carbocycles. The van der Waals surface area contributed by atoms with Crippen molar-refractivity contribution in [2.24, 2.45) is 4.99 Å². The fourth-order valence-electron chi connectivity index (χ4n) is 1.87. The summed E-state index contributed by atoms with van der Waals surface area (Å²) in [4.78, 5) is 40.4. The minimum atomic E-state index is -0.727. The first-order valence-corrected chi connectivity index (χ1v) is 7.44. The Labute approximate surface area is 145 Å². The molecule has 1 aromatic rings. The fraction of sp³-hybridized carbons (Fsp3) is 0.294. The summed E-state index contributed by atoms with van der Waals surface area (Å²) in [5, 5.41) is 2.59. The highest BCUT2D eigenvalue weighted by molar-refractivity contribution is 6.00. The van der Waals surface area contributed by atoms with E-state index in [1.54, 1.807) is 20.8 Å². The van der Waals surface area contributed by atoms with E-state index in [1.807, 2.05) is 0 Å². The number of anilines is 1. The van der Waals surface area contributed by atoms with Gasteiger partial charge in [0.05, 0.1) is 5.69 Å². The van der Waals surface area contributed by atoms with E-state index in [-0.39, 0.29) is 11.3 Å². The average molecular weight is 344 g/mol. The van der Waals surface area contributed by atoms with Gasteiger partial charge in [0.2, 0.25) is 6.34 Å². The molecule has 1 N–H and O–H groups in total. The van der Waals surface area contributed by atoms with E-state index in [0.717, 1.165) is 4.90 Å². The number of hydrogen-bond donors (Lipinski definition) is 1. The van der Waals surface area contributed by atoms with Crippen LogP contribution < -0.4 is 10.1 Å². The number of esters is 2. The van der Waals surface area contributed by atoms with Gasteiger partial charge in [-0.15, -0.1) is 0 Å². The van der Waals surface area contributed by atoms with Gasteiger partial charge in [0.1, 0.15) is 16.9 Å². The summed E-state index contributed by atoms with van der Waals surface area (Å²) < 4.78 is 10.4. The molecular formula is C17H18N3O5+. The molecule has 0 aliphatic carbocycles. The van der Waals surface area contributed by atoms with Gasteiger partial charge in [0, 0.05) is 6.92 Å². The Hall–Kier alpha value is -3.25. The molecule has 1 heterocycles. The number of amides is 2. The highest BCUT2D eigenvalue weighted by Crippen LogP contribution is 2.26. The standard InChI is InChI=1S/C17H17N3O5/c1-11(21)24-14-6-5-12(19-16(23)20-8-7-18-10-20)9-13(14)15(22)25-17(2,3)4/h5-9H,1-4H3/p+1. The molecule has 0 saturated heterocycles. The van der Waals surface area contributed by atoms with Gasteiger partial charge >= 0.3 is 18.0 Å². The van der Waals surface area contributed by atoms with E-state index in [2.05, 4.69) is 16.6 Å². The van der Waals surface area contributed by atoms with Gasteiger partial charge in [-0.2, -0.15) is 4.79 Å². The average Bonchev–Trinajstić information content (AvgIpc) is 3.00. The predicted molar refractivity (Wildman–Crippen MR) is 90.4 cm³/mol. The molecular weight excluding hydrogens is 326 g/mol. The zero-order valence-corrected chi connectivity index (χ0v) is 14.3. The third-order valence-corrected chi connectivity index (χ3v) is 2.78. The summed E-state index contributed by atoms with van der Waals surface area (Å²) in [6.45, 7) is 6.38. The Kier molecular flexibility index (Phi) is 5.14. The van der Waals surface area contributed by atoms with Crippen molar-refractivity contribution >= 4 is 30.0 Å². The molecule has 2 rings (SSSR count). The quantitative estimate of drug-likeness (QED) is 0.516. The molecule has 8 nitrogen and oxygen atoms in total. The number of aliphatic imine (C=N–C) groups is 1. The number of carbonyl (C=O) groups excluding carboxylic acids is 3. The Morgan fingerprint density at radius 1 is 1.24 bits per heavy atom. The number of ether oxygens (including phenoxy) is 2. The Balaban J connectivity index is 2.27. The maximum Gasteiger partial charge on any atom is 0.421 e. The highest BCUT2D eigenvalue weighted by atomic mass is 16.6. The van der Waals surface area contributed by atoms with E-state index in [4.69, 9.17) is 9.47 Å². The second-order valence-electron chi connectivity index (χ2n) is 6.13. The summed E-state index contributed by atoms with van der Waals surface area (Å²) >= 11 is 0. The van der Waals surface area contributed by atoms with Crippen LogP contribution in [-0.2, 0) is 9.53 Å². The minimum absolute atomic E-state index is 0.0255. The number of urea groups is 1. The lowest BCUT2D eigenvalue weighted by atomic mass is 10.1. The maximum absolute atomic E-state index is 12.4. The molecule has 1 aliphatic heterocycles. The molecule has 0 spiro atoms. The monoisotopic (exact) mass is 344 g/mol. The van der Waals surface area contributed by atoms with Crippen LogP contribution in [0.3, 0.4) is 0 Å². The molecule has 0 fully saturated rings. The smallest absolute Gasteiger partial charge is 0.421 e. The highest BCUT2D eigenvalue weighted by Gasteiger charge is 2.25. The second-order valence-corrected chi connectivity index (χ2v) is 6.13. The van der Waals surface area contributed by atoms with Crippen LogP contribution in [0.4, 0.5) is 10.5 Å². The number of benzene rings is 1. The third kappa shape index (κ3) is 5.12. The Morgan fingerprint density at radius 3 is 2.52 bits per heavy atom. The largest absolute Gasteiger partial charge is 0.456 e. The van der Waals surface area contributed by atoms with Crippen LogP contribution in [0.5, 0.6) is 5.75 Å². The zero-order valence-electron chi connectivity index (χ0n) is 14.3. The van der Waals surface area contributed by atoms with Gasteiger partial charge < -0.3 is 9.47 Å². The number of hydrogen-bond acceptors (Lipinski definition) is 6. The van der Waals surface area contributed by atoms with Gasteiger partial charge in [-0.25, -0.2) is 4.79 Å². The van der Waals surface area contributed by atoms with Crippen molar-refractivity contribution < 1.29 is 23.9 Å². The van der Waals surface area contributed by atoms with Crippen molar-refractivity contribution in [3.63, 3.8) is 0 Å². The first-order valence-electron chi connectivity index (χ1n) is 7.44. The molecule has 0 radical (unpaired) electrons. The van der Waals surface area contributed by atoms with E-state index in [9.17, 15) is 14.4 Å². The Morgan fingerprint density at radius 2 is 1.96 bits per heavy atom. The lowest BCUT2D eigenvalue weighted by molar-refractivity contribution is -0.131. The lowest BCUT2D eigenvalue weighted by Gasteiger charge is -2.20. The molecule has 0 bridgehead atoms. The third-order valence-electron chi connectivity index (χ3n) is 2.78. The first kappa shape index (κ1) is 18.1. The van der Waals surface area contributed by atoms with Crippen LogP contribution in [0.1, 0.15) is 38.1 Å². The summed E-state index contributed by atoms with van der Waals surface area (Å²) in [6, 6.07) is 3.78. The molecule has 2 amide bonds. The minimum Gasteiger partial charge on any atom is -0.456 e.